The molecule has 1 rings (SSSR count). The van der Waals surface area contributed by atoms with E-state index in [9.17, 15) is 14.4 Å². The molecule has 7 heteroatoms. The van der Waals surface area contributed by atoms with Crippen LogP contribution in [-0.2, 0) is 9.59 Å². The summed E-state index contributed by atoms with van der Waals surface area (Å²) in [4.78, 5) is 33.0. The number of carbonyl (C=O) groups excluding carboxylic acids is 1. The maximum Gasteiger partial charge on any atom is 0.326 e. The Morgan fingerprint density at radius 3 is 2.55 bits per heavy atom. The molecule has 0 aromatic carbocycles. The Bertz CT molecular complexity index is 372. The normalized spacial score (nSPS) is 21.9. The van der Waals surface area contributed by atoms with Gasteiger partial charge in [0.05, 0.1) is 0 Å². The lowest BCUT2D eigenvalue weighted by molar-refractivity contribution is -0.140. The van der Waals surface area contributed by atoms with Crippen LogP contribution >= 0.6 is 0 Å². The highest BCUT2D eigenvalue weighted by Gasteiger charge is 2.37. The summed E-state index contributed by atoms with van der Waals surface area (Å²) in [5.41, 5.74) is 0. The molecule has 4 N–H and O–H groups in total. The van der Waals surface area contributed by atoms with Crippen molar-refractivity contribution in [1.29, 1.82) is 0 Å². The Balaban J connectivity index is 2.28. The number of carboxylic acids is 2. The van der Waals surface area contributed by atoms with Gasteiger partial charge in [0.2, 0.25) is 0 Å². The lowest BCUT2D eigenvalue weighted by Gasteiger charge is -2.14. The summed E-state index contributed by atoms with van der Waals surface area (Å²) in [5, 5.41) is 22.6. The van der Waals surface area contributed by atoms with Crippen molar-refractivity contribution in [1.82, 2.24) is 10.6 Å². The molecule has 114 valence electrons. The maximum absolute atomic E-state index is 11.7. The van der Waals surface area contributed by atoms with Crippen molar-refractivity contribution in [3.8, 4) is 0 Å². The molecule has 1 fully saturated rings. The van der Waals surface area contributed by atoms with E-state index >= 15 is 0 Å². The Kier molecular flexibility index (Phi) is 6.27. The van der Waals surface area contributed by atoms with Gasteiger partial charge in [0.1, 0.15) is 6.04 Å². The van der Waals surface area contributed by atoms with Crippen LogP contribution in [0.4, 0.5) is 4.79 Å². The summed E-state index contributed by atoms with van der Waals surface area (Å²) in [6, 6.07) is -1.39. The molecule has 7 nitrogen and oxygen atoms in total. The van der Waals surface area contributed by atoms with Gasteiger partial charge < -0.3 is 20.8 Å². The third-order valence-electron chi connectivity index (χ3n) is 3.39. The lowest BCUT2D eigenvalue weighted by atomic mass is 10.1. The van der Waals surface area contributed by atoms with E-state index in [1.165, 1.54) is 0 Å². The second-order valence-electron chi connectivity index (χ2n) is 5.19. The van der Waals surface area contributed by atoms with Crippen molar-refractivity contribution >= 4 is 18.0 Å². The van der Waals surface area contributed by atoms with Crippen LogP contribution in [0.15, 0.2) is 0 Å². The van der Waals surface area contributed by atoms with Gasteiger partial charge in [0.25, 0.3) is 0 Å². The second kappa shape index (κ2) is 7.72. The molecule has 3 atom stereocenters. The van der Waals surface area contributed by atoms with E-state index in [1.54, 1.807) is 0 Å². The number of carboxylic acid groups (broad SMARTS) is 2. The molecule has 20 heavy (non-hydrogen) atoms. The van der Waals surface area contributed by atoms with Crippen LogP contribution in [0.2, 0.25) is 0 Å². The van der Waals surface area contributed by atoms with Crippen molar-refractivity contribution in [2.24, 2.45) is 5.92 Å². The minimum Gasteiger partial charge on any atom is -0.481 e. The summed E-state index contributed by atoms with van der Waals surface area (Å²) < 4.78 is 0. The number of nitrogens with one attached hydrogen (secondary N) is 2. The van der Waals surface area contributed by atoms with Crippen molar-refractivity contribution < 1.29 is 24.6 Å². The molecule has 0 saturated heterocycles. The maximum atomic E-state index is 11.7. The van der Waals surface area contributed by atoms with E-state index in [-0.39, 0.29) is 25.3 Å². The van der Waals surface area contributed by atoms with E-state index in [1.807, 2.05) is 0 Å². The highest BCUT2D eigenvalue weighted by atomic mass is 16.4. The monoisotopic (exact) mass is 286 g/mol. The van der Waals surface area contributed by atoms with Crippen molar-refractivity contribution in [2.75, 3.05) is 0 Å². The Hall–Kier alpha value is -1.79. The molecule has 2 amide bonds. The first-order valence-corrected chi connectivity index (χ1v) is 6.95. The van der Waals surface area contributed by atoms with Gasteiger partial charge in [-0.05, 0) is 31.6 Å². The van der Waals surface area contributed by atoms with E-state index < -0.39 is 24.0 Å². The van der Waals surface area contributed by atoms with Crippen molar-refractivity contribution in [3.63, 3.8) is 0 Å². The van der Waals surface area contributed by atoms with Gasteiger partial charge in [0.15, 0.2) is 0 Å². The van der Waals surface area contributed by atoms with Crippen LogP contribution in [-0.4, -0.2) is 40.3 Å². The molecule has 1 aliphatic carbocycles. The molecule has 0 aromatic heterocycles. The fraction of sp³-hybridized carbons (Fsp3) is 0.769. The van der Waals surface area contributed by atoms with Crippen LogP contribution in [0.25, 0.3) is 0 Å². The van der Waals surface area contributed by atoms with Gasteiger partial charge >= 0.3 is 18.0 Å². The minimum absolute atomic E-state index is 0.103. The number of carbonyl (C=O) groups is 3. The minimum atomic E-state index is -1.15. The van der Waals surface area contributed by atoms with Gasteiger partial charge in [-0.1, -0.05) is 13.3 Å². The third kappa shape index (κ3) is 5.90. The lowest BCUT2D eigenvalue weighted by Crippen LogP contribution is -2.46. The Morgan fingerprint density at radius 2 is 2.00 bits per heavy atom. The predicted molar refractivity (Wildman–Crippen MR) is 71.4 cm³/mol. The molecular formula is C13H22N2O5. The fourth-order valence-corrected chi connectivity index (χ4v) is 2.20. The molecule has 0 heterocycles. The molecule has 0 aromatic rings. The Labute approximate surface area is 117 Å². The SMILES string of the molecule is CCCC1CC1NC(=O)N[C@H](CCCC(=O)O)C(=O)O. The van der Waals surface area contributed by atoms with Crippen molar-refractivity contribution in [3.05, 3.63) is 0 Å². The molecule has 1 aliphatic rings. The quantitative estimate of drug-likeness (QED) is 0.508. The first kappa shape index (κ1) is 16.3. The number of rotatable bonds is 9. The van der Waals surface area contributed by atoms with E-state index in [0.717, 1.165) is 19.3 Å². The summed E-state index contributed by atoms with van der Waals surface area (Å²) >= 11 is 0. The van der Waals surface area contributed by atoms with E-state index in [0.29, 0.717) is 5.92 Å². The number of hydrogen-bond acceptors (Lipinski definition) is 3. The molecule has 0 bridgehead atoms. The standard InChI is InChI=1S/C13H22N2O5/c1-2-4-8-7-10(8)15-13(20)14-9(12(18)19)5-3-6-11(16)17/h8-10H,2-7H2,1H3,(H,16,17)(H,18,19)(H2,14,15,20)/t8?,9-,10?/m1/s1. The van der Waals surface area contributed by atoms with Crippen LogP contribution in [0.5, 0.6) is 0 Å². The largest absolute Gasteiger partial charge is 0.481 e. The third-order valence-corrected chi connectivity index (χ3v) is 3.39. The van der Waals surface area contributed by atoms with Crippen molar-refractivity contribution in [2.45, 2.75) is 57.5 Å². The van der Waals surface area contributed by atoms with Gasteiger partial charge in [-0.2, -0.15) is 0 Å². The van der Waals surface area contributed by atoms with E-state index in [2.05, 4.69) is 17.6 Å². The smallest absolute Gasteiger partial charge is 0.326 e. The van der Waals surface area contributed by atoms with Gasteiger partial charge in [0, 0.05) is 12.5 Å². The summed E-state index contributed by atoms with van der Waals surface area (Å²) in [5.74, 6) is -1.62. The number of hydrogen-bond donors (Lipinski definition) is 4. The van der Waals surface area contributed by atoms with Gasteiger partial charge in [-0.3, -0.25) is 4.79 Å². The summed E-state index contributed by atoms with van der Waals surface area (Å²) in [7, 11) is 0. The van der Waals surface area contributed by atoms with Gasteiger partial charge in [-0.25, -0.2) is 9.59 Å². The highest BCUT2D eigenvalue weighted by molar-refractivity contribution is 5.82. The first-order valence-electron chi connectivity index (χ1n) is 6.95. The van der Waals surface area contributed by atoms with E-state index in [4.69, 9.17) is 10.2 Å². The molecule has 0 aliphatic heterocycles. The molecule has 0 radical (unpaired) electrons. The fourth-order valence-electron chi connectivity index (χ4n) is 2.20. The Morgan fingerprint density at radius 1 is 1.30 bits per heavy atom. The van der Waals surface area contributed by atoms with Gasteiger partial charge in [-0.15, -0.1) is 0 Å². The highest BCUT2D eigenvalue weighted by Crippen LogP contribution is 2.34. The zero-order chi connectivity index (χ0) is 15.1. The van der Waals surface area contributed by atoms with Crippen LogP contribution < -0.4 is 10.6 Å². The molecule has 0 spiro atoms. The summed E-state index contributed by atoms with van der Waals surface area (Å²) in [6.45, 7) is 2.08. The number of aliphatic carboxylic acids is 2. The van der Waals surface area contributed by atoms with Crippen LogP contribution in [0, 0.1) is 5.92 Å². The molecular weight excluding hydrogens is 264 g/mol. The number of urea groups is 1. The second-order valence-corrected chi connectivity index (χ2v) is 5.19. The average molecular weight is 286 g/mol. The average Bonchev–Trinajstić information content (AvgIpc) is 3.05. The zero-order valence-electron chi connectivity index (χ0n) is 11.6. The van der Waals surface area contributed by atoms with Crippen LogP contribution in [0.3, 0.4) is 0 Å². The zero-order valence-corrected chi connectivity index (χ0v) is 11.6. The molecule has 1 saturated carbocycles. The first-order chi connectivity index (χ1) is 9.43. The number of amides is 2. The topological polar surface area (TPSA) is 116 Å². The van der Waals surface area contributed by atoms with Crippen LogP contribution in [0.1, 0.15) is 45.4 Å². The predicted octanol–water partition coefficient (Wildman–Crippen LogP) is 1.18. The molecule has 2 unspecified atom stereocenters. The summed E-state index contributed by atoms with van der Waals surface area (Å²) in [6.07, 6.45) is 3.29.